The summed E-state index contributed by atoms with van der Waals surface area (Å²) in [5.41, 5.74) is 7.78. The Hall–Kier alpha value is -4.13. The fourth-order valence-corrected chi connectivity index (χ4v) is 7.71. The van der Waals surface area contributed by atoms with Crippen LogP contribution in [-0.2, 0) is 19.6 Å². The van der Waals surface area contributed by atoms with Crippen molar-refractivity contribution in [2.24, 2.45) is 5.92 Å². The summed E-state index contributed by atoms with van der Waals surface area (Å²) in [6.07, 6.45) is 1.95. The summed E-state index contributed by atoms with van der Waals surface area (Å²) in [5, 5.41) is 16.3. The predicted molar refractivity (Wildman–Crippen MR) is 185 cm³/mol. The molecular weight excluding hydrogens is 632 g/mol. The van der Waals surface area contributed by atoms with Gasteiger partial charge < -0.3 is 30.9 Å². The fraction of sp³-hybridized carbons (Fsp3) is 0.444. The number of hydrogen-bond acceptors (Lipinski definition) is 8. The Kier molecular flexibility index (Phi) is 12.9. The van der Waals surface area contributed by atoms with Crippen molar-refractivity contribution in [3.05, 3.63) is 83.9 Å². The zero-order valence-corrected chi connectivity index (χ0v) is 28.9. The molecule has 12 heteroatoms. The molecule has 1 heterocycles. The summed E-state index contributed by atoms with van der Waals surface area (Å²) in [6.45, 7) is 5.92. The van der Waals surface area contributed by atoms with Crippen LogP contribution >= 0.6 is 0 Å². The number of benzene rings is 3. The van der Waals surface area contributed by atoms with Gasteiger partial charge in [-0.2, -0.15) is 4.31 Å². The highest BCUT2D eigenvalue weighted by Crippen LogP contribution is 2.45. The molecule has 2 amide bonds. The van der Waals surface area contributed by atoms with E-state index in [1.807, 2.05) is 69.3 Å². The van der Waals surface area contributed by atoms with Gasteiger partial charge in [0, 0.05) is 41.4 Å². The third-order valence-corrected chi connectivity index (χ3v) is 10.7. The van der Waals surface area contributed by atoms with Gasteiger partial charge in [-0.3, -0.25) is 4.79 Å². The Morgan fingerprint density at radius 3 is 2.08 bits per heavy atom. The minimum atomic E-state index is -3.90. The molecule has 48 heavy (non-hydrogen) atoms. The molecule has 0 aliphatic carbocycles. The van der Waals surface area contributed by atoms with Gasteiger partial charge in [0.05, 0.1) is 18.6 Å². The minimum absolute atomic E-state index is 0.123. The van der Waals surface area contributed by atoms with Crippen molar-refractivity contribution in [1.29, 1.82) is 0 Å². The number of alkyl carbamates (subject to hydrolysis) is 1. The highest BCUT2D eigenvalue weighted by molar-refractivity contribution is 7.89. The van der Waals surface area contributed by atoms with Crippen molar-refractivity contribution in [1.82, 2.24) is 14.9 Å². The first-order valence-corrected chi connectivity index (χ1v) is 17.9. The highest BCUT2D eigenvalue weighted by atomic mass is 32.2. The fourth-order valence-electron chi connectivity index (χ4n) is 6.05. The van der Waals surface area contributed by atoms with Crippen LogP contribution < -0.4 is 21.1 Å². The first-order chi connectivity index (χ1) is 23.0. The van der Waals surface area contributed by atoms with E-state index in [2.05, 4.69) is 10.6 Å². The lowest BCUT2D eigenvalue weighted by Crippen LogP contribution is -2.53. The van der Waals surface area contributed by atoms with Crippen molar-refractivity contribution in [2.75, 3.05) is 26.0 Å². The Bertz CT molecular complexity index is 1590. The number of aliphatic hydroxyl groups is 1. The number of rotatable bonds is 16. The summed E-state index contributed by atoms with van der Waals surface area (Å²) >= 11 is 0. The van der Waals surface area contributed by atoms with Gasteiger partial charge in [-0.15, -0.1) is 0 Å². The van der Waals surface area contributed by atoms with Crippen LogP contribution in [-0.4, -0.2) is 68.2 Å². The maximum absolute atomic E-state index is 14.0. The van der Waals surface area contributed by atoms with Crippen molar-refractivity contribution in [3.63, 3.8) is 0 Å². The van der Waals surface area contributed by atoms with Crippen molar-refractivity contribution in [3.8, 4) is 11.5 Å². The highest BCUT2D eigenvalue weighted by Gasteiger charge is 2.39. The molecule has 260 valence electrons. The number of carbonyl (C=O) groups is 2. The molecule has 0 radical (unpaired) electrons. The van der Waals surface area contributed by atoms with E-state index >= 15 is 0 Å². The van der Waals surface area contributed by atoms with E-state index in [-0.39, 0.29) is 35.9 Å². The Morgan fingerprint density at radius 2 is 1.54 bits per heavy atom. The third-order valence-electron chi connectivity index (χ3n) is 8.76. The largest absolute Gasteiger partial charge is 0.457 e. The van der Waals surface area contributed by atoms with Crippen LogP contribution in [0.15, 0.2) is 77.7 Å². The number of aliphatic hydroxyl groups excluding tert-OH is 1. The molecule has 0 unspecified atom stereocenters. The van der Waals surface area contributed by atoms with Gasteiger partial charge >= 0.3 is 6.09 Å². The van der Waals surface area contributed by atoms with E-state index in [1.54, 1.807) is 12.1 Å². The Balaban J connectivity index is 1.51. The topological polar surface area (TPSA) is 160 Å². The molecule has 0 spiro atoms. The Morgan fingerprint density at radius 1 is 0.938 bits per heavy atom. The van der Waals surface area contributed by atoms with Gasteiger partial charge in [-0.05, 0) is 74.4 Å². The maximum atomic E-state index is 14.0. The molecule has 3 atom stereocenters. The van der Waals surface area contributed by atoms with E-state index in [0.717, 1.165) is 11.1 Å². The van der Waals surface area contributed by atoms with Crippen LogP contribution in [0.2, 0.25) is 0 Å². The number of ether oxygens (including phenoxy) is 2. The zero-order valence-electron chi connectivity index (χ0n) is 28.1. The number of nitrogen functional groups attached to an aromatic ring is 1. The first kappa shape index (κ1) is 36.7. The average Bonchev–Trinajstić information content (AvgIpc) is 3.08. The van der Waals surface area contributed by atoms with Crippen molar-refractivity contribution < 1.29 is 32.6 Å². The van der Waals surface area contributed by atoms with Crippen LogP contribution in [0.1, 0.15) is 69.9 Å². The van der Waals surface area contributed by atoms with Crippen molar-refractivity contribution in [2.45, 2.75) is 81.8 Å². The molecule has 11 nitrogen and oxygen atoms in total. The van der Waals surface area contributed by atoms with Gasteiger partial charge in [-0.1, -0.05) is 57.2 Å². The SMILES string of the molecule is CC[C@@H](CCC[C@@H](CO)N(CCC(C)C)S(=O)(=O)c1ccc(N)cc1)NC(=O)[C@@H](NC(=O)OC)C1c2ccccc2Oc2ccccc21. The van der Waals surface area contributed by atoms with Crippen LogP contribution in [0.25, 0.3) is 0 Å². The van der Waals surface area contributed by atoms with Gasteiger partial charge in [0.2, 0.25) is 15.9 Å². The van der Waals surface area contributed by atoms with E-state index in [1.165, 1.54) is 23.5 Å². The summed E-state index contributed by atoms with van der Waals surface area (Å²) in [4.78, 5) is 26.7. The summed E-state index contributed by atoms with van der Waals surface area (Å²) in [5.74, 6) is 0.531. The standard InChI is InChI=1S/C36H48N4O7S/c1-5-26(11-10-12-27(23-41)40(22-21-24(2)3)48(44,45)28-19-17-25(37)18-20-28)38-35(42)34(39-36(43)46-4)33-29-13-6-8-15-31(29)47-32-16-9-7-14-30(32)33/h6-9,13-20,24,26-27,33-34,41H,5,10-12,21-23,37H2,1-4H3,(H,38,42)(H,39,43)/t26-,27-,34-/m0/s1. The first-order valence-electron chi connectivity index (χ1n) is 16.5. The molecular formula is C36H48N4O7S. The molecule has 1 aliphatic rings. The van der Waals surface area contributed by atoms with Gasteiger partial charge in [-0.25, -0.2) is 13.2 Å². The quantitative estimate of drug-likeness (QED) is 0.147. The number of anilines is 1. The van der Waals surface area contributed by atoms with Gasteiger partial charge in [0.1, 0.15) is 17.5 Å². The molecule has 3 aromatic rings. The predicted octanol–water partition coefficient (Wildman–Crippen LogP) is 5.39. The van der Waals surface area contributed by atoms with Crippen LogP contribution in [0, 0.1) is 5.92 Å². The van der Waals surface area contributed by atoms with E-state index in [0.29, 0.717) is 49.3 Å². The van der Waals surface area contributed by atoms with Crippen LogP contribution in [0.5, 0.6) is 11.5 Å². The van der Waals surface area contributed by atoms with E-state index in [4.69, 9.17) is 15.2 Å². The summed E-state index contributed by atoms with van der Waals surface area (Å²) in [6, 6.07) is 19.0. The molecule has 0 saturated heterocycles. The number of hydrogen-bond donors (Lipinski definition) is 4. The second-order valence-electron chi connectivity index (χ2n) is 12.5. The Labute approximate surface area is 283 Å². The van der Waals surface area contributed by atoms with Crippen LogP contribution in [0.3, 0.4) is 0 Å². The molecule has 0 aromatic heterocycles. The van der Waals surface area contributed by atoms with Gasteiger partial charge in [0.25, 0.3) is 0 Å². The lowest BCUT2D eigenvalue weighted by molar-refractivity contribution is -0.124. The zero-order chi connectivity index (χ0) is 34.8. The van der Waals surface area contributed by atoms with Crippen LogP contribution in [0.4, 0.5) is 10.5 Å². The number of nitrogens with two attached hydrogens (primary N) is 1. The van der Waals surface area contributed by atoms with Gasteiger partial charge in [0.15, 0.2) is 0 Å². The van der Waals surface area contributed by atoms with Crippen molar-refractivity contribution >= 4 is 27.7 Å². The summed E-state index contributed by atoms with van der Waals surface area (Å²) < 4.78 is 39.9. The molecule has 0 bridgehead atoms. The molecule has 1 aliphatic heterocycles. The van der Waals surface area contributed by atoms with E-state index < -0.39 is 34.1 Å². The maximum Gasteiger partial charge on any atom is 0.407 e. The molecule has 5 N–H and O–H groups in total. The monoisotopic (exact) mass is 680 g/mol. The molecule has 4 rings (SSSR count). The number of amides is 2. The molecule has 3 aromatic carbocycles. The normalized spacial score (nSPS) is 14.7. The smallest absolute Gasteiger partial charge is 0.407 e. The number of nitrogens with zero attached hydrogens (tertiary/aromatic N) is 1. The number of fused-ring (bicyclic) bond motifs is 2. The lowest BCUT2D eigenvalue weighted by Gasteiger charge is -2.34. The number of sulfonamides is 1. The lowest BCUT2D eigenvalue weighted by atomic mass is 9.82. The second kappa shape index (κ2) is 16.8. The number of para-hydroxylation sites is 2. The average molecular weight is 681 g/mol. The van der Waals surface area contributed by atoms with E-state index in [9.17, 15) is 23.1 Å². The minimum Gasteiger partial charge on any atom is -0.457 e. The number of carbonyl (C=O) groups excluding carboxylic acids is 2. The summed E-state index contributed by atoms with van der Waals surface area (Å²) in [7, 11) is -2.65. The number of nitrogens with one attached hydrogen (secondary N) is 2. The third kappa shape index (κ3) is 8.86. The number of methoxy groups -OCH3 is 1. The molecule has 0 saturated carbocycles. The second-order valence-corrected chi connectivity index (χ2v) is 14.4. The molecule has 0 fully saturated rings.